The number of amides is 1. The van der Waals surface area contributed by atoms with E-state index in [-0.39, 0.29) is 19.1 Å². The van der Waals surface area contributed by atoms with Crippen molar-refractivity contribution in [3.8, 4) is 0 Å². The van der Waals surface area contributed by atoms with E-state index in [1.807, 2.05) is 20.8 Å². The number of carbonyl (C=O) groups excluding carboxylic acids is 1. The molecular formula is C10H21NO4. The van der Waals surface area contributed by atoms with Gasteiger partial charge in [0.1, 0.15) is 6.61 Å². The monoisotopic (exact) mass is 219 g/mol. The normalized spacial score (nSPS) is 12.6. The zero-order chi connectivity index (χ0) is 11.7. The number of hydrogen-bond acceptors (Lipinski definition) is 4. The minimum Gasteiger partial charge on any atom is -0.447 e. The Morgan fingerprint density at radius 1 is 1.40 bits per heavy atom. The summed E-state index contributed by atoms with van der Waals surface area (Å²) in [6, 6.07) is 0. The average Bonchev–Trinajstić information content (AvgIpc) is 2.20. The molecule has 0 aromatic rings. The van der Waals surface area contributed by atoms with Crippen LogP contribution in [0, 0.1) is 5.92 Å². The lowest BCUT2D eigenvalue weighted by atomic mass is 10.2. The summed E-state index contributed by atoms with van der Waals surface area (Å²) >= 11 is 0. The van der Waals surface area contributed by atoms with Crippen molar-refractivity contribution in [1.29, 1.82) is 0 Å². The van der Waals surface area contributed by atoms with Crippen molar-refractivity contribution in [3.63, 3.8) is 0 Å². The Morgan fingerprint density at radius 2 is 2.07 bits per heavy atom. The van der Waals surface area contributed by atoms with Crippen LogP contribution >= 0.6 is 0 Å². The highest BCUT2D eigenvalue weighted by molar-refractivity contribution is 5.66. The molecule has 0 radical (unpaired) electrons. The Bertz CT molecular complexity index is 173. The number of carbonyl (C=O) groups is 1. The first-order valence-corrected chi connectivity index (χ1v) is 5.28. The SMILES string of the molecule is CCCNC(=O)OCCOC(O)C(C)C. The van der Waals surface area contributed by atoms with Crippen LogP contribution in [0.1, 0.15) is 27.2 Å². The molecule has 0 heterocycles. The summed E-state index contributed by atoms with van der Waals surface area (Å²) in [5, 5.41) is 11.8. The summed E-state index contributed by atoms with van der Waals surface area (Å²) in [6.07, 6.45) is -0.371. The second kappa shape index (κ2) is 8.49. The zero-order valence-electron chi connectivity index (χ0n) is 9.66. The van der Waals surface area contributed by atoms with Crippen molar-refractivity contribution < 1.29 is 19.4 Å². The third-order valence-corrected chi connectivity index (χ3v) is 1.69. The second-order valence-corrected chi connectivity index (χ2v) is 3.57. The topological polar surface area (TPSA) is 67.8 Å². The molecule has 2 N–H and O–H groups in total. The zero-order valence-corrected chi connectivity index (χ0v) is 9.66. The molecule has 0 rings (SSSR count). The van der Waals surface area contributed by atoms with Crippen molar-refractivity contribution in [3.05, 3.63) is 0 Å². The van der Waals surface area contributed by atoms with Crippen LogP contribution < -0.4 is 5.32 Å². The largest absolute Gasteiger partial charge is 0.447 e. The highest BCUT2D eigenvalue weighted by Crippen LogP contribution is 2.01. The molecule has 5 nitrogen and oxygen atoms in total. The number of nitrogens with one attached hydrogen (secondary N) is 1. The molecule has 90 valence electrons. The molecule has 0 saturated heterocycles. The Morgan fingerprint density at radius 3 is 2.60 bits per heavy atom. The predicted octanol–water partition coefficient (Wildman–Crippen LogP) is 1.11. The molecule has 5 heteroatoms. The molecule has 0 aliphatic carbocycles. The Kier molecular flexibility index (Phi) is 8.04. The second-order valence-electron chi connectivity index (χ2n) is 3.57. The molecule has 0 spiro atoms. The van der Waals surface area contributed by atoms with E-state index in [9.17, 15) is 9.90 Å². The average molecular weight is 219 g/mol. The van der Waals surface area contributed by atoms with Crippen molar-refractivity contribution in [2.45, 2.75) is 33.5 Å². The minimum absolute atomic E-state index is 0.0407. The molecule has 0 aliphatic rings. The van der Waals surface area contributed by atoms with Crippen LogP contribution in [-0.2, 0) is 9.47 Å². The number of aliphatic hydroxyl groups is 1. The van der Waals surface area contributed by atoms with Gasteiger partial charge in [-0.3, -0.25) is 0 Å². The van der Waals surface area contributed by atoms with Crippen molar-refractivity contribution in [2.24, 2.45) is 5.92 Å². The summed E-state index contributed by atoms with van der Waals surface area (Å²) in [7, 11) is 0. The molecule has 0 aromatic heterocycles. The fraction of sp³-hybridized carbons (Fsp3) is 0.900. The first kappa shape index (κ1) is 14.2. The lowest BCUT2D eigenvalue weighted by Crippen LogP contribution is -2.27. The lowest BCUT2D eigenvalue weighted by molar-refractivity contribution is -0.132. The van der Waals surface area contributed by atoms with Gasteiger partial charge >= 0.3 is 6.09 Å². The van der Waals surface area contributed by atoms with Gasteiger partial charge in [-0.05, 0) is 6.42 Å². The standard InChI is InChI=1S/C10H21NO4/c1-4-5-11-10(13)15-7-6-14-9(12)8(2)3/h8-9,12H,4-7H2,1-3H3,(H,11,13). The van der Waals surface area contributed by atoms with Gasteiger partial charge in [0.2, 0.25) is 0 Å². The van der Waals surface area contributed by atoms with Crippen LogP contribution in [0.2, 0.25) is 0 Å². The number of ether oxygens (including phenoxy) is 2. The Labute approximate surface area is 90.8 Å². The first-order chi connectivity index (χ1) is 7.07. The smallest absolute Gasteiger partial charge is 0.407 e. The van der Waals surface area contributed by atoms with E-state index in [4.69, 9.17) is 9.47 Å². The minimum atomic E-state index is -0.799. The number of rotatable bonds is 7. The number of aliphatic hydroxyl groups excluding tert-OH is 1. The van der Waals surface area contributed by atoms with E-state index in [1.165, 1.54) is 0 Å². The van der Waals surface area contributed by atoms with E-state index >= 15 is 0 Å². The Hall–Kier alpha value is -0.810. The summed E-state index contributed by atoms with van der Waals surface area (Å²) in [4.78, 5) is 10.9. The van der Waals surface area contributed by atoms with Crippen LogP contribution in [0.4, 0.5) is 4.79 Å². The maximum atomic E-state index is 10.9. The van der Waals surface area contributed by atoms with Crippen LogP contribution in [0.5, 0.6) is 0 Å². The maximum absolute atomic E-state index is 10.9. The van der Waals surface area contributed by atoms with Crippen LogP contribution in [0.15, 0.2) is 0 Å². The molecule has 1 atom stereocenters. The predicted molar refractivity (Wildman–Crippen MR) is 56.4 cm³/mol. The molecule has 0 fully saturated rings. The van der Waals surface area contributed by atoms with Gasteiger partial charge < -0.3 is 19.9 Å². The maximum Gasteiger partial charge on any atom is 0.407 e. The van der Waals surface area contributed by atoms with Gasteiger partial charge in [-0.25, -0.2) is 4.79 Å². The van der Waals surface area contributed by atoms with E-state index in [0.29, 0.717) is 6.54 Å². The molecule has 0 bridgehead atoms. The third kappa shape index (κ3) is 8.20. The highest BCUT2D eigenvalue weighted by Gasteiger charge is 2.08. The molecule has 1 unspecified atom stereocenters. The van der Waals surface area contributed by atoms with E-state index < -0.39 is 12.4 Å². The van der Waals surface area contributed by atoms with E-state index in [1.54, 1.807) is 0 Å². The van der Waals surface area contributed by atoms with Gasteiger partial charge in [0.15, 0.2) is 6.29 Å². The number of hydrogen-bond donors (Lipinski definition) is 2. The fourth-order valence-electron chi connectivity index (χ4n) is 0.774. The Balaban J connectivity index is 3.34. The van der Waals surface area contributed by atoms with Gasteiger partial charge in [-0.1, -0.05) is 20.8 Å². The molecule has 1 amide bonds. The summed E-state index contributed by atoms with van der Waals surface area (Å²) in [5.74, 6) is 0.0407. The summed E-state index contributed by atoms with van der Waals surface area (Å²) < 4.78 is 9.80. The van der Waals surface area contributed by atoms with Crippen molar-refractivity contribution in [1.82, 2.24) is 5.32 Å². The van der Waals surface area contributed by atoms with Gasteiger partial charge in [0, 0.05) is 12.5 Å². The quantitative estimate of drug-likeness (QED) is 0.497. The molecule has 0 aliphatic heterocycles. The van der Waals surface area contributed by atoms with E-state index in [0.717, 1.165) is 6.42 Å². The van der Waals surface area contributed by atoms with Gasteiger partial charge in [0.05, 0.1) is 6.61 Å². The lowest BCUT2D eigenvalue weighted by Gasteiger charge is -2.15. The first-order valence-electron chi connectivity index (χ1n) is 5.28. The molecule has 0 saturated carbocycles. The van der Waals surface area contributed by atoms with Crippen LogP contribution in [-0.4, -0.2) is 37.2 Å². The van der Waals surface area contributed by atoms with E-state index in [2.05, 4.69) is 5.32 Å². The molecular weight excluding hydrogens is 198 g/mol. The van der Waals surface area contributed by atoms with Crippen LogP contribution in [0.3, 0.4) is 0 Å². The van der Waals surface area contributed by atoms with Crippen molar-refractivity contribution >= 4 is 6.09 Å². The summed E-state index contributed by atoms with van der Waals surface area (Å²) in [6.45, 7) is 6.62. The van der Waals surface area contributed by atoms with Gasteiger partial charge in [0.25, 0.3) is 0 Å². The number of alkyl carbamates (subject to hydrolysis) is 1. The van der Waals surface area contributed by atoms with Gasteiger partial charge in [-0.2, -0.15) is 0 Å². The van der Waals surface area contributed by atoms with Crippen LogP contribution in [0.25, 0.3) is 0 Å². The highest BCUT2D eigenvalue weighted by atomic mass is 16.6. The third-order valence-electron chi connectivity index (χ3n) is 1.69. The molecule has 0 aromatic carbocycles. The van der Waals surface area contributed by atoms with Gasteiger partial charge in [-0.15, -0.1) is 0 Å². The summed E-state index contributed by atoms with van der Waals surface area (Å²) in [5.41, 5.74) is 0. The van der Waals surface area contributed by atoms with Crippen molar-refractivity contribution in [2.75, 3.05) is 19.8 Å². The molecule has 15 heavy (non-hydrogen) atoms. The fourth-order valence-corrected chi connectivity index (χ4v) is 0.774.